The third kappa shape index (κ3) is 3.66. The van der Waals surface area contributed by atoms with E-state index in [9.17, 15) is 14.9 Å². The fourth-order valence-electron chi connectivity index (χ4n) is 1.44. The highest BCUT2D eigenvalue weighted by Gasteiger charge is 2.27. The molecule has 104 valence electrons. The van der Waals surface area contributed by atoms with Gasteiger partial charge in [0.15, 0.2) is 6.10 Å². The third-order valence-corrected chi connectivity index (χ3v) is 3.23. The average Bonchev–Trinajstić information content (AvgIpc) is 2.35. The number of carbonyl (C=O) groups excluding carboxylic acids is 1. The van der Waals surface area contributed by atoms with Crippen molar-refractivity contribution < 1.29 is 19.2 Å². The molecule has 0 amide bonds. The first-order valence-electron chi connectivity index (χ1n) is 5.55. The summed E-state index contributed by atoms with van der Waals surface area (Å²) in [7, 11) is 1.27. The Morgan fingerprint density at radius 1 is 1.42 bits per heavy atom. The van der Waals surface area contributed by atoms with Gasteiger partial charge in [-0.05, 0) is 22.0 Å². The van der Waals surface area contributed by atoms with Gasteiger partial charge >= 0.3 is 5.97 Å². The molecule has 7 heteroatoms. The molecule has 19 heavy (non-hydrogen) atoms. The zero-order valence-corrected chi connectivity index (χ0v) is 12.3. The number of nitrogens with zero attached hydrogens (tertiary/aromatic N) is 1. The Balaban J connectivity index is 3.07. The van der Waals surface area contributed by atoms with Crippen LogP contribution in [0.25, 0.3) is 0 Å². The van der Waals surface area contributed by atoms with Gasteiger partial charge in [0.25, 0.3) is 5.69 Å². The predicted molar refractivity (Wildman–Crippen MR) is 72.1 cm³/mol. The summed E-state index contributed by atoms with van der Waals surface area (Å²) in [5.74, 6) is -0.412. The van der Waals surface area contributed by atoms with Crippen LogP contribution in [0.5, 0.6) is 5.75 Å². The molecule has 0 aliphatic rings. The Labute approximate surface area is 119 Å². The molecule has 1 aromatic carbocycles. The van der Waals surface area contributed by atoms with Crippen LogP contribution in [0.4, 0.5) is 5.69 Å². The lowest BCUT2D eigenvalue weighted by atomic mass is 10.1. The molecular formula is C12H14BrNO5. The van der Waals surface area contributed by atoms with E-state index < -0.39 is 17.0 Å². The van der Waals surface area contributed by atoms with E-state index in [1.807, 2.05) is 0 Å². The maximum absolute atomic E-state index is 11.6. The summed E-state index contributed by atoms with van der Waals surface area (Å²) in [6.07, 6.45) is -0.816. The monoisotopic (exact) mass is 331 g/mol. The lowest BCUT2D eigenvalue weighted by molar-refractivity contribution is -0.385. The van der Waals surface area contributed by atoms with E-state index in [1.54, 1.807) is 19.9 Å². The van der Waals surface area contributed by atoms with E-state index >= 15 is 0 Å². The van der Waals surface area contributed by atoms with Crippen LogP contribution < -0.4 is 4.74 Å². The van der Waals surface area contributed by atoms with Crippen molar-refractivity contribution in [3.8, 4) is 5.75 Å². The standard InChI is InChI=1S/C12H14BrNO5/c1-7(2)11(12(15)18-3)19-9-6-4-5-8(10(9)13)14(16)17/h4-7,11H,1-3H3. The molecule has 1 aromatic rings. The van der Waals surface area contributed by atoms with Gasteiger partial charge in [0.05, 0.1) is 12.0 Å². The van der Waals surface area contributed by atoms with Crippen LogP contribution >= 0.6 is 15.9 Å². The van der Waals surface area contributed by atoms with Crippen molar-refractivity contribution in [2.24, 2.45) is 5.92 Å². The number of benzene rings is 1. The molecule has 0 aliphatic heterocycles. The number of ether oxygens (including phenoxy) is 2. The van der Waals surface area contributed by atoms with Crippen molar-refractivity contribution in [3.05, 3.63) is 32.8 Å². The maximum atomic E-state index is 11.6. The van der Waals surface area contributed by atoms with E-state index in [1.165, 1.54) is 19.2 Å². The minimum absolute atomic E-state index is 0.120. The van der Waals surface area contributed by atoms with Crippen molar-refractivity contribution in [2.45, 2.75) is 20.0 Å². The van der Waals surface area contributed by atoms with Gasteiger partial charge < -0.3 is 9.47 Å². The van der Waals surface area contributed by atoms with E-state index in [4.69, 9.17) is 4.74 Å². The molecule has 1 rings (SSSR count). The normalized spacial score (nSPS) is 12.1. The van der Waals surface area contributed by atoms with E-state index in [0.29, 0.717) is 0 Å². The first kappa shape index (κ1) is 15.4. The summed E-state index contributed by atoms with van der Waals surface area (Å²) in [5, 5.41) is 10.8. The van der Waals surface area contributed by atoms with Crippen molar-refractivity contribution >= 4 is 27.6 Å². The second kappa shape index (κ2) is 6.51. The maximum Gasteiger partial charge on any atom is 0.347 e. The van der Waals surface area contributed by atoms with Crippen LogP contribution in [-0.4, -0.2) is 24.1 Å². The second-order valence-electron chi connectivity index (χ2n) is 4.15. The van der Waals surface area contributed by atoms with Crippen molar-refractivity contribution in [3.63, 3.8) is 0 Å². The Morgan fingerprint density at radius 3 is 2.53 bits per heavy atom. The average molecular weight is 332 g/mol. The largest absolute Gasteiger partial charge is 0.477 e. The molecule has 0 radical (unpaired) electrons. The van der Waals surface area contributed by atoms with Crippen molar-refractivity contribution in [1.29, 1.82) is 0 Å². The van der Waals surface area contributed by atoms with Gasteiger partial charge in [-0.15, -0.1) is 0 Å². The quantitative estimate of drug-likeness (QED) is 0.471. The number of hydrogen-bond donors (Lipinski definition) is 0. The molecule has 0 fully saturated rings. The van der Waals surface area contributed by atoms with Gasteiger partial charge in [0.1, 0.15) is 10.2 Å². The number of nitro groups is 1. The summed E-state index contributed by atoms with van der Waals surface area (Å²) in [6.45, 7) is 3.60. The van der Waals surface area contributed by atoms with Crippen LogP contribution in [0.1, 0.15) is 13.8 Å². The molecule has 0 aromatic heterocycles. The fraction of sp³-hybridized carbons (Fsp3) is 0.417. The smallest absolute Gasteiger partial charge is 0.347 e. The van der Waals surface area contributed by atoms with Crippen molar-refractivity contribution in [1.82, 2.24) is 0 Å². The Hall–Kier alpha value is -1.63. The third-order valence-electron chi connectivity index (χ3n) is 2.43. The molecule has 0 saturated carbocycles. The SMILES string of the molecule is COC(=O)C(Oc1cccc([N+](=O)[O-])c1Br)C(C)C. The van der Waals surface area contributed by atoms with Gasteiger partial charge in [0.2, 0.25) is 0 Å². The van der Waals surface area contributed by atoms with Crippen LogP contribution in [0.3, 0.4) is 0 Å². The minimum atomic E-state index is -0.816. The summed E-state index contributed by atoms with van der Waals surface area (Å²) in [5.41, 5.74) is -0.120. The lowest BCUT2D eigenvalue weighted by Gasteiger charge is -2.20. The van der Waals surface area contributed by atoms with Crippen LogP contribution in [0.2, 0.25) is 0 Å². The summed E-state index contributed by atoms with van der Waals surface area (Å²) in [6, 6.07) is 4.39. The van der Waals surface area contributed by atoms with E-state index in [-0.39, 0.29) is 21.8 Å². The molecule has 6 nitrogen and oxygen atoms in total. The first-order valence-corrected chi connectivity index (χ1v) is 6.35. The Morgan fingerprint density at radius 2 is 2.05 bits per heavy atom. The van der Waals surface area contributed by atoms with Gasteiger partial charge in [-0.3, -0.25) is 10.1 Å². The number of methoxy groups -OCH3 is 1. The van der Waals surface area contributed by atoms with Gasteiger partial charge in [-0.1, -0.05) is 19.9 Å². The molecule has 0 bridgehead atoms. The zero-order valence-electron chi connectivity index (χ0n) is 10.8. The van der Waals surface area contributed by atoms with E-state index in [2.05, 4.69) is 20.7 Å². The molecule has 0 spiro atoms. The summed E-state index contributed by atoms with van der Waals surface area (Å²) >= 11 is 3.11. The highest BCUT2D eigenvalue weighted by molar-refractivity contribution is 9.10. The van der Waals surface area contributed by atoms with Gasteiger partial charge in [-0.2, -0.15) is 0 Å². The topological polar surface area (TPSA) is 78.7 Å². The highest BCUT2D eigenvalue weighted by Crippen LogP contribution is 2.34. The number of esters is 1. The molecular weight excluding hydrogens is 318 g/mol. The highest BCUT2D eigenvalue weighted by atomic mass is 79.9. The minimum Gasteiger partial charge on any atom is -0.477 e. The number of carbonyl (C=O) groups is 1. The molecule has 0 heterocycles. The van der Waals surface area contributed by atoms with Crippen LogP contribution in [-0.2, 0) is 9.53 Å². The molecule has 0 saturated heterocycles. The number of rotatable bonds is 5. The molecule has 0 aliphatic carbocycles. The van der Waals surface area contributed by atoms with Gasteiger partial charge in [0, 0.05) is 12.0 Å². The molecule has 1 unspecified atom stereocenters. The Kier molecular flexibility index (Phi) is 5.29. The summed E-state index contributed by atoms with van der Waals surface area (Å²) in [4.78, 5) is 21.9. The first-order chi connectivity index (χ1) is 8.88. The summed E-state index contributed by atoms with van der Waals surface area (Å²) < 4.78 is 10.4. The number of hydrogen-bond acceptors (Lipinski definition) is 5. The van der Waals surface area contributed by atoms with Crippen molar-refractivity contribution in [2.75, 3.05) is 7.11 Å². The predicted octanol–water partition coefficient (Wildman–Crippen LogP) is 2.93. The fourth-order valence-corrected chi connectivity index (χ4v) is 1.94. The number of halogens is 1. The van der Waals surface area contributed by atoms with Crippen LogP contribution in [0, 0.1) is 16.0 Å². The van der Waals surface area contributed by atoms with Gasteiger partial charge in [-0.25, -0.2) is 4.79 Å². The van der Waals surface area contributed by atoms with E-state index in [0.717, 1.165) is 0 Å². The zero-order chi connectivity index (χ0) is 14.6. The molecule has 1 atom stereocenters. The second-order valence-corrected chi connectivity index (χ2v) is 4.94. The molecule has 0 N–H and O–H groups in total. The van der Waals surface area contributed by atoms with Crippen LogP contribution in [0.15, 0.2) is 22.7 Å². The number of nitro benzene ring substituents is 1. The lowest BCUT2D eigenvalue weighted by Crippen LogP contribution is -2.33. The Bertz CT molecular complexity index is 489.